The molecule has 0 unspecified atom stereocenters. The summed E-state index contributed by atoms with van der Waals surface area (Å²) in [7, 11) is 0. The van der Waals surface area contributed by atoms with E-state index in [-0.39, 0.29) is 6.10 Å². The Hall–Kier alpha value is -1.38. The number of benzene rings is 2. The van der Waals surface area contributed by atoms with E-state index in [1.807, 2.05) is 0 Å². The molecule has 25 heavy (non-hydrogen) atoms. The van der Waals surface area contributed by atoms with Gasteiger partial charge in [0.2, 0.25) is 0 Å². The number of fused-ring (bicyclic) bond motifs is 3. The van der Waals surface area contributed by atoms with Crippen LogP contribution in [0.25, 0.3) is 10.8 Å². The molecule has 0 aliphatic heterocycles. The first-order valence-corrected chi connectivity index (χ1v) is 10.2. The molecule has 0 spiro atoms. The van der Waals surface area contributed by atoms with Crippen LogP contribution in [0.4, 0.5) is 0 Å². The molecule has 0 fully saturated rings. The van der Waals surface area contributed by atoms with Gasteiger partial charge in [-0.3, -0.25) is 0 Å². The van der Waals surface area contributed by atoms with Gasteiger partial charge >= 0.3 is 0 Å². The zero-order valence-corrected chi connectivity index (χ0v) is 15.9. The standard InChI is InChI=1S/C23H33NO/c1-3-14-24(15-4-2)16-13-23(25)22-17-18-9-5-6-10-19(18)20-11-7-8-12-21(20)22/h7-8,11-12,17,23,25H,3-6,9-10,13-16H2,1-2H3/t23-/m1/s1. The molecule has 1 N–H and O–H groups in total. The van der Waals surface area contributed by atoms with Crippen molar-refractivity contribution in [3.05, 3.63) is 47.0 Å². The summed E-state index contributed by atoms with van der Waals surface area (Å²) in [6.45, 7) is 7.71. The molecule has 0 bridgehead atoms. The highest BCUT2D eigenvalue weighted by molar-refractivity contribution is 5.90. The molecule has 0 saturated heterocycles. The molecule has 2 nitrogen and oxygen atoms in total. The number of nitrogens with zero attached hydrogens (tertiary/aromatic N) is 1. The predicted octanol–water partition coefficient (Wildman–Crippen LogP) is 5.26. The van der Waals surface area contributed by atoms with Crippen LogP contribution in [0, 0.1) is 0 Å². The van der Waals surface area contributed by atoms with Gasteiger partial charge in [0.25, 0.3) is 0 Å². The van der Waals surface area contributed by atoms with Crippen LogP contribution in [0.2, 0.25) is 0 Å². The first kappa shape index (κ1) is 18.4. The van der Waals surface area contributed by atoms with Crippen LogP contribution in [0.5, 0.6) is 0 Å². The lowest BCUT2D eigenvalue weighted by Crippen LogP contribution is -2.27. The lowest BCUT2D eigenvalue weighted by atomic mass is 9.84. The molecule has 1 aliphatic rings. The normalized spacial score (nSPS) is 15.5. The van der Waals surface area contributed by atoms with Gasteiger partial charge in [0.15, 0.2) is 0 Å². The van der Waals surface area contributed by atoms with Crippen molar-refractivity contribution in [3.63, 3.8) is 0 Å². The molecule has 2 aromatic rings. The fourth-order valence-electron chi connectivity index (χ4n) is 4.36. The Morgan fingerprint density at radius 2 is 1.64 bits per heavy atom. The number of aliphatic hydroxyl groups is 1. The maximum Gasteiger partial charge on any atom is 0.0808 e. The fraction of sp³-hybridized carbons (Fsp3) is 0.565. The van der Waals surface area contributed by atoms with E-state index in [1.54, 1.807) is 0 Å². The second-order valence-electron chi connectivity index (χ2n) is 7.50. The van der Waals surface area contributed by atoms with Crippen LogP contribution >= 0.6 is 0 Å². The van der Waals surface area contributed by atoms with Crippen molar-refractivity contribution in [2.75, 3.05) is 19.6 Å². The molecule has 2 aromatic carbocycles. The average molecular weight is 340 g/mol. The molecule has 0 saturated carbocycles. The minimum absolute atomic E-state index is 0.367. The van der Waals surface area contributed by atoms with Gasteiger partial charge in [-0.2, -0.15) is 0 Å². The molecule has 0 radical (unpaired) electrons. The van der Waals surface area contributed by atoms with Crippen molar-refractivity contribution in [1.82, 2.24) is 4.90 Å². The number of aryl methyl sites for hydroxylation is 2. The van der Waals surface area contributed by atoms with E-state index in [2.05, 4.69) is 49.1 Å². The zero-order chi connectivity index (χ0) is 17.6. The Morgan fingerprint density at radius 3 is 2.36 bits per heavy atom. The Morgan fingerprint density at radius 1 is 0.960 bits per heavy atom. The first-order chi connectivity index (χ1) is 12.2. The van der Waals surface area contributed by atoms with Crippen molar-refractivity contribution in [2.45, 2.75) is 64.9 Å². The second kappa shape index (κ2) is 8.82. The van der Waals surface area contributed by atoms with Gasteiger partial charge in [0.05, 0.1) is 6.10 Å². The summed E-state index contributed by atoms with van der Waals surface area (Å²) in [5.74, 6) is 0. The smallest absolute Gasteiger partial charge is 0.0808 e. The van der Waals surface area contributed by atoms with Crippen LogP contribution in [0.3, 0.4) is 0 Å². The van der Waals surface area contributed by atoms with Gasteiger partial charge in [-0.25, -0.2) is 0 Å². The molecule has 0 amide bonds. The molecular weight excluding hydrogens is 306 g/mol. The molecule has 0 heterocycles. The van der Waals surface area contributed by atoms with E-state index >= 15 is 0 Å². The molecule has 3 rings (SSSR count). The summed E-state index contributed by atoms with van der Waals surface area (Å²) in [4.78, 5) is 2.49. The van der Waals surface area contributed by atoms with E-state index < -0.39 is 0 Å². The number of hydrogen-bond donors (Lipinski definition) is 1. The third-order valence-corrected chi connectivity index (χ3v) is 5.56. The van der Waals surface area contributed by atoms with Crippen LogP contribution in [0.15, 0.2) is 30.3 Å². The molecule has 0 aromatic heterocycles. The monoisotopic (exact) mass is 339 g/mol. The minimum atomic E-state index is -0.367. The van der Waals surface area contributed by atoms with Crippen molar-refractivity contribution in [1.29, 1.82) is 0 Å². The van der Waals surface area contributed by atoms with E-state index in [4.69, 9.17) is 0 Å². The number of rotatable bonds is 8. The van der Waals surface area contributed by atoms with Crippen molar-refractivity contribution in [3.8, 4) is 0 Å². The van der Waals surface area contributed by atoms with Gasteiger partial charge in [-0.15, -0.1) is 0 Å². The van der Waals surface area contributed by atoms with E-state index in [0.717, 1.165) is 38.0 Å². The lowest BCUT2D eigenvalue weighted by molar-refractivity contribution is 0.143. The highest BCUT2D eigenvalue weighted by Gasteiger charge is 2.19. The zero-order valence-electron chi connectivity index (χ0n) is 15.9. The molecule has 2 heteroatoms. The summed E-state index contributed by atoms with van der Waals surface area (Å²) < 4.78 is 0. The van der Waals surface area contributed by atoms with Crippen LogP contribution in [-0.2, 0) is 12.8 Å². The predicted molar refractivity (Wildman–Crippen MR) is 107 cm³/mol. The van der Waals surface area contributed by atoms with Gasteiger partial charge < -0.3 is 10.0 Å². The quantitative estimate of drug-likeness (QED) is 0.709. The van der Waals surface area contributed by atoms with Crippen molar-refractivity contribution >= 4 is 10.8 Å². The first-order valence-electron chi connectivity index (χ1n) is 10.2. The summed E-state index contributed by atoms with van der Waals surface area (Å²) in [5, 5.41) is 13.6. The van der Waals surface area contributed by atoms with Gasteiger partial charge in [-0.05, 0) is 85.5 Å². The fourth-order valence-corrected chi connectivity index (χ4v) is 4.36. The summed E-state index contributed by atoms with van der Waals surface area (Å²) in [5.41, 5.74) is 4.14. The SMILES string of the molecule is CCCN(CCC)CC[C@@H](O)c1cc2c(c3ccccc13)CCCC2. The second-order valence-corrected chi connectivity index (χ2v) is 7.50. The number of aliphatic hydroxyl groups excluding tert-OH is 1. The topological polar surface area (TPSA) is 23.5 Å². The molecule has 1 atom stereocenters. The van der Waals surface area contributed by atoms with Gasteiger partial charge in [0.1, 0.15) is 0 Å². The van der Waals surface area contributed by atoms with E-state index in [9.17, 15) is 5.11 Å². The minimum Gasteiger partial charge on any atom is -0.388 e. The average Bonchev–Trinajstić information content (AvgIpc) is 2.65. The van der Waals surface area contributed by atoms with Crippen LogP contribution < -0.4 is 0 Å². The van der Waals surface area contributed by atoms with Crippen molar-refractivity contribution in [2.24, 2.45) is 0 Å². The maximum absolute atomic E-state index is 11.0. The largest absolute Gasteiger partial charge is 0.388 e. The third-order valence-electron chi connectivity index (χ3n) is 5.56. The van der Waals surface area contributed by atoms with Gasteiger partial charge in [-0.1, -0.05) is 44.2 Å². The lowest BCUT2D eigenvalue weighted by Gasteiger charge is -2.25. The molecule has 136 valence electrons. The maximum atomic E-state index is 11.0. The highest BCUT2D eigenvalue weighted by Crippen LogP contribution is 2.35. The Kier molecular flexibility index (Phi) is 6.50. The summed E-state index contributed by atoms with van der Waals surface area (Å²) in [6, 6.07) is 11.0. The van der Waals surface area contributed by atoms with Crippen molar-refractivity contribution < 1.29 is 5.11 Å². The Balaban J connectivity index is 1.84. The molecule has 1 aliphatic carbocycles. The Labute approximate surface area is 152 Å². The van der Waals surface area contributed by atoms with E-state index in [1.165, 1.54) is 54.0 Å². The molecular formula is C23H33NO. The Bertz CT molecular complexity index is 688. The number of hydrogen-bond acceptors (Lipinski definition) is 2. The third kappa shape index (κ3) is 4.24. The summed E-state index contributed by atoms with van der Waals surface area (Å²) >= 11 is 0. The van der Waals surface area contributed by atoms with Crippen LogP contribution in [0.1, 0.15) is 68.7 Å². The van der Waals surface area contributed by atoms with Crippen LogP contribution in [-0.4, -0.2) is 29.6 Å². The van der Waals surface area contributed by atoms with Gasteiger partial charge in [0, 0.05) is 6.54 Å². The highest BCUT2D eigenvalue weighted by atomic mass is 16.3. The van der Waals surface area contributed by atoms with E-state index in [0.29, 0.717) is 0 Å². The summed E-state index contributed by atoms with van der Waals surface area (Å²) in [6.07, 6.45) is 7.74.